The van der Waals surface area contributed by atoms with Gasteiger partial charge in [0.25, 0.3) is 0 Å². The lowest BCUT2D eigenvalue weighted by Crippen LogP contribution is -2.17. The van der Waals surface area contributed by atoms with Gasteiger partial charge in [0.2, 0.25) is 0 Å². The molecular weight excluding hydrogens is 230 g/mol. The maximum Gasteiger partial charge on any atom is 0.179 e. The van der Waals surface area contributed by atoms with Crippen molar-refractivity contribution in [3.63, 3.8) is 0 Å². The molecule has 1 aromatic heterocycles. The summed E-state index contributed by atoms with van der Waals surface area (Å²) in [5.74, 6) is 1.60. The number of H-pyrrole nitrogens is 1. The predicted molar refractivity (Wildman–Crippen MR) is 67.3 cm³/mol. The van der Waals surface area contributed by atoms with Crippen LogP contribution in [0.25, 0.3) is 0 Å². The molecule has 6 nitrogen and oxygen atoms in total. The van der Waals surface area contributed by atoms with Crippen molar-refractivity contribution in [1.82, 2.24) is 20.6 Å². The lowest BCUT2D eigenvalue weighted by atomic mass is 10.1. The number of hydrogen-bond acceptors (Lipinski definition) is 5. The zero-order chi connectivity index (χ0) is 12.8. The number of aromatic nitrogens is 4. The number of nitrogens with zero attached hydrogens (tertiary/aromatic N) is 3. The molecule has 0 saturated heterocycles. The van der Waals surface area contributed by atoms with Crippen LogP contribution in [0.2, 0.25) is 0 Å². The number of benzene rings is 1. The second-order valence-corrected chi connectivity index (χ2v) is 4.16. The summed E-state index contributed by atoms with van der Waals surface area (Å²) < 4.78 is 5.68. The summed E-state index contributed by atoms with van der Waals surface area (Å²) in [5, 5.41) is 13.9. The van der Waals surface area contributed by atoms with E-state index >= 15 is 0 Å². The van der Waals surface area contributed by atoms with Gasteiger partial charge in [-0.1, -0.05) is 17.3 Å². The Hall–Kier alpha value is -1.95. The van der Waals surface area contributed by atoms with Crippen molar-refractivity contribution in [1.29, 1.82) is 0 Å². The first kappa shape index (κ1) is 12.5. The molecule has 1 heterocycles. The monoisotopic (exact) mass is 247 g/mol. The van der Waals surface area contributed by atoms with Crippen molar-refractivity contribution in [2.45, 2.75) is 19.3 Å². The van der Waals surface area contributed by atoms with Crippen LogP contribution in [0.15, 0.2) is 24.3 Å². The summed E-state index contributed by atoms with van der Waals surface area (Å²) >= 11 is 0. The molecule has 0 aliphatic rings. The summed E-state index contributed by atoms with van der Waals surface area (Å²) in [6.45, 7) is 3.10. The molecule has 0 saturated carbocycles. The summed E-state index contributed by atoms with van der Waals surface area (Å²) in [7, 11) is 0. The smallest absolute Gasteiger partial charge is 0.179 e. The number of tetrazole rings is 1. The van der Waals surface area contributed by atoms with E-state index in [1.54, 1.807) is 0 Å². The van der Waals surface area contributed by atoms with E-state index in [2.05, 4.69) is 20.6 Å². The Kier molecular flexibility index (Phi) is 4.25. The van der Waals surface area contributed by atoms with Gasteiger partial charge in [0.1, 0.15) is 5.75 Å². The molecule has 1 aromatic carbocycles. The number of rotatable bonds is 6. The quantitative estimate of drug-likeness (QED) is 0.795. The van der Waals surface area contributed by atoms with E-state index in [-0.39, 0.29) is 5.92 Å². The van der Waals surface area contributed by atoms with Crippen LogP contribution in [0, 0.1) is 6.92 Å². The molecule has 96 valence electrons. The van der Waals surface area contributed by atoms with Crippen LogP contribution in [0.5, 0.6) is 5.75 Å². The van der Waals surface area contributed by atoms with Crippen molar-refractivity contribution in [3.8, 4) is 5.75 Å². The molecule has 0 bridgehead atoms. The Morgan fingerprint density at radius 3 is 3.00 bits per heavy atom. The number of nitrogens with two attached hydrogens (primary N) is 1. The number of aryl methyl sites for hydroxylation is 1. The zero-order valence-corrected chi connectivity index (χ0v) is 10.3. The lowest BCUT2D eigenvalue weighted by molar-refractivity contribution is 0.296. The molecule has 0 amide bonds. The summed E-state index contributed by atoms with van der Waals surface area (Å²) in [6.07, 6.45) is 0.768. The predicted octanol–water partition coefficient (Wildman–Crippen LogP) is 1.02. The molecular formula is C12H17N5O. The Morgan fingerprint density at radius 2 is 2.33 bits per heavy atom. The van der Waals surface area contributed by atoms with Crippen molar-refractivity contribution in [3.05, 3.63) is 35.7 Å². The van der Waals surface area contributed by atoms with Gasteiger partial charge in [0, 0.05) is 12.5 Å². The van der Waals surface area contributed by atoms with Crippen molar-refractivity contribution in [2.75, 3.05) is 13.2 Å². The number of aromatic amines is 1. The maximum atomic E-state index is 5.69. The second-order valence-electron chi connectivity index (χ2n) is 4.16. The minimum atomic E-state index is 0.0774. The van der Waals surface area contributed by atoms with Crippen molar-refractivity contribution >= 4 is 0 Å². The Balaban J connectivity index is 1.84. The van der Waals surface area contributed by atoms with Crippen LogP contribution in [0.1, 0.15) is 23.7 Å². The third-order valence-corrected chi connectivity index (χ3v) is 2.74. The molecule has 0 aliphatic carbocycles. The Labute approximate surface area is 106 Å². The topological polar surface area (TPSA) is 89.7 Å². The third-order valence-electron chi connectivity index (χ3n) is 2.74. The summed E-state index contributed by atoms with van der Waals surface area (Å²) in [4.78, 5) is 0. The number of nitrogens with one attached hydrogen (secondary N) is 1. The fourth-order valence-electron chi connectivity index (χ4n) is 1.72. The van der Waals surface area contributed by atoms with Gasteiger partial charge in [-0.05, 0) is 31.0 Å². The van der Waals surface area contributed by atoms with Gasteiger partial charge >= 0.3 is 0 Å². The first-order valence-electron chi connectivity index (χ1n) is 5.92. The standard InChI is InChI=1S/C12H17N5O/c1-9-3-2-4-11(7-9)18-6-5-10(8-13)12-14-16-17-15-12/h2-4,7,10H,5-6,8,13H2,1H3,(H,14,15,16,17). The fourth-order valence-corrected chi connectivity index (χ4v) is 1.72. The third kappa shape index (κ3) is 3.27. The highest BCUT2D eigenvalue weighted by Crippen LogP contribution is 2.16. The number of hydrogen-bond donors (Lipinski definition) is 2. The highest BCUT2D eigenvalue weighted by atomic mass is 16.5. The van der Waals surface area contributed by atoms with Crippen molar-refractivity contribution in [2.24, 2.45) is 5.73 Å². The van der Waals surface area contributed by atoms with Crippen LogP contribution in [0.3, 0.4) is 0 Å². The molecule has 1 unspecified atom stereocenters. The van der Waals surface area contributed by atoms with Gasteiger partial charge < -0.3 is 10.5 Å². The largest absolute Gasteiger partial charge is 0.494 e. The molecule has 2 aromatic rings. The molecule has 0 fully saturated rings. The molecule has 2 rings (SSSR count). The van der Waals surface area contributed by atoms with Gasteiger partial charge in [-0.2, -0.15) is 5.21 Å². The van der Waals surface area contributed by atoms with Gasteiger partial charge in [-0.3, -0.25) is 0 Å². The maximum absolute atomic E-state index is 5.69. The normalized spacial score (nSPS) is 12.3. The highest BCUT2D eigenvalue weighted by Gasteiger charge is 2.14. The van der Waals surface area contributed by atoms with Crippen molar-refractivity contribution < 1.29 is 4.74 Å². The minimum Gasteiger partial charge on any atom is -0.494 e. The van der Waals surface area contributed by atoms with Crippen LogP contribution in [-0.2, 0) is 0 Å². The summed E-state index contributed by atoms with van der Waals surface area (Å²) in [5.41, 5.74) is 6.87. The van der Waals surface area contributed by atoms with Crippen LogP contribution in [-0.4, -0.2) is 33.8 Å². The molecule has 1 atom stereocenters. The van der Waals surface area contributed by atoms with Gasteiger partial charge in [0.15, 0.2) is 5.82 Å². The van der Waals surface area contributed by atoms with Crippen LogP contribution < -0.4 is 10.5 Å². The fraction of sp³-hybridized carbons (Fsp3) is 0.417. The summed E-state index contributed by atoms with van der Waals surface area (Å²) in [6, 6.07) is 7.96. The van der Waals surface area contributed by atoms with Crippen LogP contribution in [0.4, 0.5) is 0 Å². The number of ether oxygens (including phenoxy) is 1. The first-order valence-corrected chi connectivity index (χ1v) is 5.92. The van der Waals surface area contributed by atoms with Gasteiger partial charge in [-0.25, -0.2) is 0 Å². The molecule has 6 heteroatoms. The van der Waals surface area contributed by atoms with Gasteiger partial charge in [0.05, 0.1) is 6.61 Å². The minimum absolute atomic E-state index is 0.0774. The van der Waals surface area contributed by atoms with Gasteiger partial charge in [-0.15, -0.1) is 10.2 Å². The molecule has 0 radical (unpaired) electrons. The molecule has 0 aliphatic heterocycles. The second kappa shape index (κ2) is 6.11. The van der Waals surface area contributed by atoms with E-state index in [1.165, 1.54) is 5.56 Å². The highest BCUT2D eigenvalue weighted by molar-refractivity contribution is 5.27. The van der Waals surface area contributed by atoms with E-state index in [0.29, 0.717) is 19.0 Å². The SMILES string of the molecule is Cc1cccc(OCCC(CN)c2nn[nH]n2)c1. The average Bonchev–Trinajstić information content (AvgIpc) is 2.88. The molecule has 18 heavy (non-hydrogen) atoms. The van der Waals surface area contributed by atoms with E-state index in [1.807, 2.05) is 31.2 Å². The van der Waals surface area contributed by atoms with Crippen LogP contribution >= 0.6 is 0 Å². The average molecular weight is 247 g/mol. The zero-order valence-electron chi connectivity index (χ0n) is 10.3. The van der Waals surface area contributed by atoms with E-state index in [0.717, 1.165) is 12.2 Å². The lowest BCUT2D eigenvalue weighted by Gasteiger charge is -2.11. The Morgan fingerprint density at radius 1 is 1.44 bits per heavy atom. The van der Waals surface area contributed by atoms with E-state index < -0.39 is 0 Å². The van der Waals surface area contributed by atoms with E-state index in [4.69, 9.17) is 10.5 Å². The Bertz CT molecular complexity index is 471. The van der Waals surface area contributed by atoms with E-state index in [9.17, 15) is 0 Å². The molecule has 3 N–H and O–H groups in total. The first-order chi connectivity index (χ1) is 8.79. The molecule has 0 spiro atoms.